The highest BCUT2D eigenvalue weighted by molar-refractivity contribution is 6.04. The third-order valence-electron chi connectivity index (χ3n) is 6.56. The van der Waals surface area contributed by atoms with E-state index in [9.17, 15) is 19.7 Å². The molecule has 0 aromatic heterocycles. The van der Waals surface area contributed by atoms with E-state index in [0.717, 1.165) is 5.56 Å². The van der Waals surface area contributed by atoms with Gasteiger partial charge in [0, 0.05) is 54.5 Å². The van der Waals surface area contributed by atoms with Crippen LogP contribution in [0.15, 0.2) is 71.1 Å². The third-order valence-corrected chi connectivity index (χ3v) is 6.56. The second kappa shape index (κ2) is 10.7. The van der Waals surface area contributed by atoms with Gasteiger partial charge in [0.2, 0.25) is 0 Å². The number of nitro benzene ring substituents is 1. The fourth-order valence-electron chi connectivity index (χ4n) is 4.98. The Labute approximate surface area is 208 Å². The molecule has 0 saturated heterocycles. The van der Waals surface area contributed by atoms with E-state index in [4.69, 9.17) is 14.2 Å². The van der Waals surface area contributed by atoms with Gasteiger partial charge in [-0.15, -0.1) is 0 Å². The minimum Gasteiger partial charge on any atom is -0.496 e. The van der Waals surface area contributed by atoms with E-state index < -0.39 is 16.8 Å². The molecular formula is C27H28N2O7. The lowest BCUT2D eigenvalue weighted by atomic mass is 9.71. The Morgan fingerprint density at radius 3 is 2.61 bits per heavy atom. The van der Waals surface area contributed by atoms with Crippen LogP contribution in [0.1, 0.15) is 42.7 Å². The Kier molecular flexibility index (Phi) is 7.49. The number of Topliss-reactive ketones (excluding diaryl/α,β-unsaturated/α-hetero) is 1. The van der Waals surface area contributed by atoms with Gasteiger partial charge in [-0.25, -0.2) is 4.79 Å². The van der Waals surface area contributed by atoms with E-state index >= 15 is 0 Å². The number of carbonyl (C=O) groups is 2. The molecule has 9 nitrogen and oxygen atoms in total. The predicted molar refractivity (Wildman–Crippen MR) is 132 cm³/mol. The zero-order valence-corrected chi connectivity index (χ0v) is 20.4. The summed E-state index contributed by atoms with van der Waals surface area (Å²) in [6.07, 6.45) is 0.744. The molecule has 1 N–H and O–H groups in total. The van der Waals surface area contributed by atoms with Crippen LogP contribution in [-0.2, 0) is 19.1 Å². The van der Waals surface area contributed by atoms with Crippen molar-refractivity contribution in [2.45, 2.75) is 31.6 Å². The first-order chi connectivity index (χ1) is 17.3. The van der Waals surface area contributed by atoms with Crippen LogP contribution < -0.4 is 10.1 Å². The molecule has 0 spiro atoms. The van der Waals surface area contributed by atoms with Gasteiger partial charge >= 0.3 is 5.97 Å². The predicted octanol–water partition coefficient (Wildman–Crippen LogP) is 4.15. The molecule has 0 radical (unpaired) electrons. The summed E-state index contributed by atoms with van der Waals surface area (Å²) in [6.45, 7) is 2.02. The molecular weight excluding hydrogens is 464 g/mol. The van der Waals surface area contributed by atoms with Gasteiger partial charge in [0.25, 0.3) is 5.69 Å². The fourth-order valence-corrected chi connectivity index (χ4v) is 4.98. The van der Waals surface area contributed by atoms with Crippen LogP contribution in [0.5, 0.6) is 5.75 Å². The SMILES string of the molecule is COCCOC(=O)C1=C(C)NC2=C(C(=O)C[C@H](c3ccccc3OC)C2)[C@H]1c1cccc([N+](=O)[O-])c1. The minimum absolute atomic E-state index is 0.0451. The molecule has 0 unspecified atom stereocenters. The topological polar surface area (TPSA) is 117 Å². The molecule has 1 aliphatic heterocycles. The lowest BCUT2D eigenvalue weighted by Gasteiger charge is -2.36. The minimum atomic E-state index is -0.790. The largest absolute Gasteiger partial charge is 0.496 e. The summed E-state index contributed by atoms with van der Waals surface area (Å²) in [4.78, 5) is 37.8. The number of nitrogens with zero attached hydrogens (tertiary/aromatic N) is 1. The molecule has 0 fully saturated rings. The summed E-state index contributed by atoms with van der Waals surface area (Å²) in [5.74, 6) is -0.929. The van der Waals surface area contributed by atoms with Crippen LogP contribution in [0, 0.1) is 10.1 Å². The van der Waals surface area contributed by atoms with E-state index in [1.54, 1.807) is 26.2 Å². The highest BCUT2D eigenvalue weighted by Crippen LogP contribution is 2.47. The van der Waals surface area contributed by atoms with Crippen LogP contribution in [-0.4, -0.2) is 44.1 Å². The molecule has 1 heterocycles. The number of ketones is 1. The number of para-hydroxylation sites is 1. The second-order valence-electron chi connectivity index (χ2n) is 8.74. The number of dihydropyridines is 1. The molecule has 2 aromatic carbocycles. The number of hydrogen-bond acceptors (Lipinski definition) is 8. The molecule has 188 valence electrons. The molecule has 0 saturated carbocycles. The molecule has 2 aliphatic rings. The van der Waals surface area contributed by atoms with Crippen molar-refractivity contribution in [3.8, 4) is 5.75 Å². The van der Waals surface area contributed by atoms with Crippen molar-refractivity contribution in [3.05, 3.63) is 92.3 Å². The first kappa shape index (κ1) is 25.1. The zero-order valence-electron chi connectivity index (χ0n) is 20.4. The van der Waals surface area contributed by atoms with Crippen molar-refractivity contribution < 1.29 is 28.7 Å². The average Bonchev–Trinajstić information content (AvgIpc) is 2.87. The number of carbonyl (C=O) groups excluding carboxylic acids is 2. The number of allylic oxidation sites excluding steroid dienone is 3. The normalized spacial score (nSPS) is 19.5. The molecule has 2 atom stereocenters. The van der Waals surface area contributed by atoms with E-state index in [2.05, 4.69) is 5.32 Å². The van der Waals surface area contributed by atoms with Gasteiger partial charge in [-0.05, 0) is 30.5 Å². The number of methoxy groups -OCH3 is 2. The van der Waals surface area contributed by atoms with Gasteiger partial charge < -0.3 is 19.5 Å². The van der Waals surface area contributed by atoms with E-state index in [0.29, 0.717) is 34.7 Å². The first-order valence-electron chi connectivity index (χ1n) is 11.6. The fraction of sp³-hybridized carbons (Fsp3) is 0.333. The van der Waals surface area contributed by atoms with E-state index in [1.165, 1.54) is 19.2 Å². The van der Waals surface area contributed by atoms with Crippen molar-refractivity contribution in [3.63, 3.8) is 0 Å². The van der Waals surface area contributed by atoms with Crippen LogP contribution >= 0.6 is 0 Å². The van der Waals surface area contributed by atoms with Gasteiger partial charge in [0.1, 0.15) is 12.4 Å². The number of esters is 1. The Balaban J connectivity index is 1.79. The summed E-state index contributed by atoms with van der Waals surface area (Å²) < 4.78 is 15.9. The number of ether oxygens (including phenoxy) is 3. The number of nitro groups is 1. The van der Waals surface area contributed by atoms with Crippen molar-refractivity contribution >= 4 is 17.4 Å². The quantitative estimate of drug-likeness (QED) is 0.253. The molecule has 1 aliphatic carbocycles. The lowest BCUT2D eigenvalue weighted by Crippen LogP contribution is -2.36. The Morgan fingerprint density at radius 1 is 1.11 bits per heavy atom. The van der Waals surface area contributed by atoms with Gasteiger partial charge in [0.05, 0.1) is 24.2 Å². The maximum atomic E-state index is 13.7. The standard InChI is InChI=1S/C27H28N2O7/c1-16-24(27(31)36-12-11-34-2)25(17-7-6-8-19(13-17)29(32)33)26-21(28-16)14-18(15-22(26)30)20-9-4-5-10-23(20)35-3/h4-10,13,18,25,28H,11-12,14-15H2,1-3H3/t18-,25+/m1/s1. The maximum absolute atomic E-state index is 13.7. The maximum Gasteiger partial charge on any atom is 0.336 e. The van der Waals surface area contributed by atoms with E-state index in [-0.39, 0.29) is 42.6 Å². The number of rotatable bonds is 8. The van der Waals surface area contributed by atoms with Gasteiger partial charge in [-0.3, -0.25) is 14.9 Å². The van der Waals surface area contributed by atoms with Gasteiger partial charge in [-0.2, -0.15) is 0 Å². The molecule has 4 rings (SSSR count). The van der Waals surface area contributed by atoms with Gasteiger partial charge in [0.15, 0.2) is 5.78 Å². The third kappa shape index (κ3) is 4.87. The van der Waals surface area contributed by atoms with Crippen molar-refractivity contribution in [2.24, 2.45) is 0 Å². The first-order valence-corrected chi connectivity index (χ1v) is 11.6. The number of benzene rings is 2. The molecule has 0 amide bonds. The summed E-state index contributed by atoms with van der Waals surface area (Å²) in [6, 6.07) is 13.7. The smallest absolute Gasteiger partial charge is 0.336 e. The lowest BCUT2D eigenvalue weighted by molar-refractivity contribution is -0.384. The van der Waals surface area contributed by atoms with E-state index in [1.807, 2.05) is 24.3 Å². The van der Waals surface area contributed by atoms with Crippen molar-refractivity contribution in [2.75, 3.05) is 27.4 Å². The molecule has 9 heteroatoms. The molecule has 0 bridgehead atoms. The summed E-state index contributed by atoms with van der Waals surface area (Å²) in [5, 5.41) is 14.8. The Hall–Kier alpha value is -3.98. The van der Waals surface area contributed by atoms with Crippen molar-refractivity contribution in [1.82, 2.24) is 5.32 Å². The highest BCUT2D eigenvalue weighted by atomic mass is 16.6. The summed E-state index contributed by atoms with van der Waals surface area (Å²) in [7, 11) is 3.10. The summed E-state index contributed by atoms with van der Waals surface area (Å²) in [5.41, 5.74) is 3.24. The zero-order chi connectivity index (χ0) is 25.8. The number of non-ortho nitro benzene ring substituents is 1. The Bertz CT molecular complexity index is 1260. The van der Waals surface area contributed by atoms with Crippen molar-refractivity contribution in [1.29, 1.82) is 0 Å². The van der Waals surface area contributed by atoms with Crippen LogP contribution in [0.2, 0.25) is 0 Å². The average molecular weight is 493 g/mol. The molecule has 2 aromatic rings. The summed E-state index contributed by atoms with van der Waals surface area (Å²) >= 11 is 0. The number of nitrogens with one attached hydrogen (secondary N) is 1. The highest BCUT2D eigenvalue weighted by Gasteiger charge is 2.42. The second-order valence-corrected chi connectivity index (χ2v) is 8.74. The Morgan fingerprint density at radius 2 is 1.89 bits per heavy atom. The van der Waals surface area contributed by atoms with Crippen LogP contribution in [0.3, 0.4) is 0 Å². The number of hydrogen-bond donors (Lipinski definition) is 1. The van der Waals surface area contributed by atoms with Crippen LogP contribution in [0.4, 0.5) is 5.69 Å². The van der Waals surface area contributed by atoms with Gasteiger partial charge in [-0.1, -0.05) is 30.3 Å². The van der Waals surface area contributed by atoms with Crippen LogP contribution in [0.25, 0.3) is 0 Å². The molecule has 36 heavy (non-hydrogen) atoms. The monoisotopic (exact) mass is 492 g/mol.